The average molecular weight is 355 g/mol. The summed E-state index contributed by atoms with van der Waals surface area (Å²) in [6.07, 6.45) is 0.972. The summed E-state index contributed by atoms with van der Waals surface area (Å²) < 4.78 is 0.940. The van der Waals surface area contributed by atoms with Crippen LogP contribution in [0.4, 0.5) is 0 Å². The molecule has 0 heterocycles. The molecule has 0 fully saturated rings. The van der Waals surface area contributed by atoms with Gasteiger partial charge in [-0.2, -0.15) is 0 Å². The molecule has 0 aliphatic carbocycles. The van der Waals surface area contributed by atoms with Crippen LogP contribution in [-0.2, 0) is 4.79 Å². The number of halogens is 1. The summed E-state index contributed by atoms with van der Waals surface area (Å²) in [7, 11) is 0. The first kappa shape index (κ1) is 17.7. The van der Waals surface area contributed by atoms with E-state index in [1.165, 1.54) is 0 Å². The van der Waals surface area contributed by atoms with Crippen LogP contribution in [0.25, 0.3) is 0 Å². The van der Waals surface area contributed by atoms with Gasteiger partial charge in [0, 0.05) is 36.6 Å². The van der Waals surface area contributed by atoms with Gasteiger partial charge >= 0.3 is 0 Å². The molecule has 21 heavy (non-hydrogen) atoms. The molecule has 0 spiro atoms. The SMILES string of the molecule is CC(=O)N(CCNC(=O)c1ccc(Br)cc1)CCC(C)C. The number of nitrogens with one attached hydrogen (secondary N) is 1. The van der Waals surface area contributed by atoms with Crippen molar-refractivity contribution in [3.63, 3.8) is 0 Å². The first-order chi connectivity index (χ1) is 9.90. The summed E-state index contributed by atoms with van der Waals surface area (Å²) in [4.78, 5) is 25.3. The molecule has 0 aliphatic heterocycles. The first-order valence-electron chi connectivity index (χ1n) is 7.19. The van der Waals surface area contributed by atoms with Crippen LogP contribution in [0.1, 0.15) is 37.6 Å². The Bertz CT molecular complexity index is 472. The van der Waals surface area contributed by atoms with Crippen molar-refractivity contribution in [3.05, 3.63) is 34.3 Å². The van der Waals surface area contributed by atoms with Gasteiger partial charge in [0.25, 0.3) is 5.91 Å². The normalized spacial score (nSPS) is 10.5. The van der Waals surface area contributed by atoms with Crippen molar-refractivity contribution in [2.75, 3.05) is 19.6 Å². The predicted molar refractivity (Wildman–Crippen MR) is 88.2 cm³/mol. The Morgan fingerprint density at radius 2 is 1.81 bits per heavy atom. The molecule has 0 saturated carbocycles. The number of carbonyl (C=O) groups is 2. The Balaban J connectivity index is 2.41. The fourth-order valence-corrected chi connectivity index (χ4v) is 2.11. The average Bonchev–Trinajstić information content (AvgIpc) is 2.42. The molecule has 1 rings (SSSR count). The molecular formula is C16H23BrN2O2. The van der Waals surface area contributed by atoms with Gasteiger partial charge in [-0.05, 0) is 36.6 Å². The molecule has 116 valence electrons. The van der Waals surface area contributed by atoms with Crippen molar-refractivity contribution in [1.29, 1.82) is 0 Å². The summed E-state index contributed by atoms with van der Waals surface area (Å²) in [5, 5.41) is 2.84. The Morgan fingerprint density at radius 1 is 1.19 bits per heavy atom. The van der Waals surface area contributed by atoms with E-state index in [4.69, 9.17) is 0 Å². The van der Waals surface area contributed by atoms with E-state index in [-0.39, 0.29) is 11.8 Å². The van der Waals surface area contributed by atoms with Gasteiger partial charge in [-0.3, -0.25) is 9.59 Å². The Labute approximate surface area is 135 Å². The van der Waals surface area contributed by atoms with E-state index in [2.05, 4.69) is 35.1 Å². The maximum atomic E-state index is 11.9. The lowest BCUT2D eigenvalue weighted by Gasteiger charge is -2.22. The second-order valence-electron chi connectivity index (χ2n) is 5.45. The van der Waals surface area contributed by atoms with Crippen LogP contribution < -0.4 is 5.32 Å². The number of hydrogen-bond acceptors (Lipinski definition) is 2. The van der Waals surface area contributed by atoms with Crippen molar-refractivity contribution >= 4 is 27.7 Å². The molecule has 0 saturated heterocycles. The molecule has 0 radical (unpaired) electrons. The van der Waals surface area contributed by atoms with Gasteiger partial charge in [0.05, 0.1) is 0 Å². The summed E-state index contributed by atoms with van der Waals surface area (Å²) in [5.41, 5.74) is 0.620. The molecule has 0 aliphatic rings. The third kappa shape index (κ3) is 6.76. The zero-order valence-corrected chi connectivity index (χ0v) is 14.4. The lowest BCUT2D eigenvalue weighted by Crippen LogP contribution is -2.38. The van der Waals surface area contributed by atoms with Gasteiger partial charge in [0.1, 0.15) is 0 Å². The van der Waals surface area contributed by atoms with Crippen LogP contribution >= 0.6 is 15.9 Å². The third-order valence-electron chi connectivity index (χ3n) is 3.20. The molecule has 4 nitrogen and oxygen atoms in total. The highest BCUT2D eigenvalue weighted by Crippen LogP contribution is 2.10. The summed E-state index contributed by atoms with van der Waals surface area (Å²) in [6, 6.07) is 7.20. The van der Waals surface area contributed by atoms with Crippen LogP contribution in [0.5, 0.6) is 0 Å². The lowest BCUT2D eigenvalue weighted by atomic mass is 10.1. The standard InChI is InChI=1S/C16H23BrN2O2/c1-12(2)8-10-19(13(3)20)11-9-18-16(21)14-4-6-15(17)7-5-14/h4-7,12H,8-11H2,1-3H3,(H,18,21). The van der Waals surface area contributed by atoms with E-state index in [0.29, 0.717) is 24.6 Å². The number of amides is 2. The number of hydrogen-bond donors (Lipinski definition) is 1. The van der Waals surface area contributed by atoms with Crippen LogP contribution in [0.15, 0.2) is 28.7 Å². The van der Waals surface area contributed by atoms with Gasteiger partial charge in [-0.1, -0.05) is 29.8 Å². The molecule has 5 heteroatoms. The fraction of sp³-hybridized carbons (Fsp3) is 0.500. The second-order valence-corrected chi connectivity index (χ2v) is 6.37. The van der Waals surface area contributed by atoms with E-state index in [0.717, 1.165) is 17.4 Å². The first-order valence-corrected chi connectivity index (χ1v) is 7.98. The minimum Gasteiger partial charge on any atom is -0.350 e. The van der Waals surface area contributed by atoms with Crippen molar-refractivity contribution in [2.24, 2.45) is 5.92 Å². The quantitative estimate of drug-likeness (QED) is 0.817. The maximum absolute atomic E-state index is 11.9. The summed E-state index contributed by atoms with van der Waals surface area (Å²) >= 11 is 3.34. The van der Waals surface area contributed by atoms with Crippen LogP contribution in [0, 0.1) is 5.92 Å². The molecule has 1 N–H and O–H groups in total. The van der Waals surface area contributed by atoms with Gasteiger partial charge in [0.15, 0.2) is 0 Å². The smallest absolute Gasteiger partial charge is 0.251 e. The molecule has 0 unspecified atom stereocenters. The predicted octanol–water partition coefficient (Wildman–Crippen LogP) is 3.07. The molecule has 0 aromatic heterocycles. The van der Waals surface area contributed by atoms with Crippen LogP contribution in [0.2, 0.25) is 0 Å². The molecule has 0 atom stereocenters. The topological polar surface area (TPSA) is 49.4 Å². The van der Waals surface area contributed by atoms with Gasteiger partial charge in [-0.25, -0.2) is 0 Å². The molecule has 1 aromatic rings. The maximum Gasteiger partial charge on any atom is 0.251 e. The van der Waals surface area contributed by atoms with Gasteiger partial charge in [0.2, 0.25) is 5.91 Å². The van der Waals surface area contributed by atoms with Crippen LogP contribution in [-0.4, -0.2) is 36.3 Å². The van der Waals surface area contributed by atoms with E-state index >= 15 is 0 Å². The largest absolute Gasteiger partial charge is 0.350 e. The van der Waals surface area contributed by atoms with Crippen molar-refractivity contribution < 1.29 is 9.59 Å². The van der Waals surface area contributed by atoms with Gasteiger partial charge in [-0.15, -0.1) is 0 Å². The number of rotatable bonds is 7. The second kappa shape index (κ2) is 8.82. The number of nitrogens with zero attached hydrogens (tertiary/aromatic N) is 1. The minimum atomic E-state index is -0.116. The van der Waals surface area contributed by atoms with Crippen molar-refractivity contribution in [3.8, 4) is 0 Å². The van der Waals surface area contributed by atoms with Gasteiger partial charge < -0.3 is 10.2 Å². The van der Waals surface area contributed by atoms with Crippen LogP contribution in [0.3, 0.4) is 0 Å². The molecule has 0 bridgehead atoms. The van der Waals surface area contributed by atoms with E-state index in [1.54, 1.807) is 24.0 Å². The third-order valence-corrected chi connectivity index (χ3v) is 3.72. The monoisotopic (exact) mass is 354 g/mol. The molecule has 2 amide bonds. The highest BCUT2D eigenvalue weighted by atomic mass is 79.9. The summed E-state index contributed by atoms with van der Waals surface area (Å²) in [5.74, 6) is 0.493. The highest BCUT2D eigenvalue weighted by Gasteiger charge is 2.10. The molecule has 1 aromatic carbocycles. The zero-order chi connectivity index (χ0) is 15.8. The fourth-order valence-electron chi connectivity index (χ4n) is 1.85. The minimum absolute atomic E-state index is 0.0496. The Kier molecular flexibility index (Phi) is 7.43. The number of carbonyl (C=O) groups excluding carboxylic acids is 2. The highest BCUT2D eigenvalue weighted by molar-refractivity contribution is 9.10. The zero-order valence-electron chi connectivity index (χ0n) is 12.9. The van der Waals surface area contributed by atoms with Crippen molar-refractivity contribution in [1.82, 2.24) is 10.2 Å². The summed E-state index contributed by atoms with van der Waals surface area (Å²) in [6.45, 7) is 7.58. The van der Waals surface area contributed by atoms with E-state index in [9.17, 15) is 9.59 Å². The Hall–Kier alpha value is -1.36. The molecular weight excluding hydrogens is 332 g/mol. The Morgan fingerprint density at radius 3 is 2.33 bits per heavy atom. The van der Waals surface area contributed by atoms with E-state index < -0.39 is 0 Å². The lowest BCUT2D eigenvalue weighted by molar-refractivity contribution is -0.128. The van der Waals surface area contributed by atoms with E-state index in [1.807, 2.05) is 12.1 Å². The number of benzene rings is 1. The van der Waals surface area contributed by atoms with Crippen molar-refractivity contribution in [2.45, 2.75) is 27.2 Å².